The summed E-state index contributed by atoms with van der Waals surface area (Å²) in [5, 5.41) is 3.09. The van der Waals surface area contributed by atoms with E-state index in [4.69, 9.17) is 12.2 Å². The fourth-order valence-corrected chi connectivity index (χ4v) is 1.08. The van der Waals surface area contributed by atoms with Crippen LogP contribution in [0.5, 0.6) is 0 Å². The smallest absolute Gasteiger partial charge is 0.260 e. The molecule has 1 fully saturated rings. The average molecular weight is 166 g/mol. The monoisotopic (exact) mass is 166 g/mol. The number of nitrogens with zero attached hydrogens (tertiary/aromatic N) is 1. The molecule has 0 aromatic rings. The highest BCUT2D eigenvalue weighted by molar-refractivity contribution is 7.80. The Balaban J connectivity index is 2.57. The third-order valence-electron chi connectivity index (χ3n) is 1.57. The van der Waals surface area contributed by atoms with E-state index in [1.807, 2.05) is 0 Å². The zero-order chi connectivity index (χ0) is 7.72. The van der Waals surface area contributed by atoms with Crippen LogP contribution in [0, 0.1) is 0 Å². The lowest BCUT2D eigenvalue weighted by molar-refractivity contribution is 0.0791. The van der Waals surface area contributed by atoms with Crippen LogP contribution in [0.4, 0.5) is 8.78 Å². The van der Waals surface area contributed by atoms with Gasteiger partial charge in [-0.25, -0.2) is 8.78 Å². The van der Waals surface area contributed by atoms with Gasteiger partial charge < -0.3 is 10.2 Å². The lowest BCUT2D eigenvalue weighted by atomic mass is 10.3. The van der Waals surface area contributed by atoms with Crippen LogP contribution in [0.1, 0.15) is 0 Å². The SMILES string of the molecule is CN1C(=S)NCC1C(F)F. The van der Waals surface area contributed by atoms with E-state index in [0.717, 1.165) is 0 Å². The van der Waals surface area contributed by atoms with E-state index >= 15 is 0 Å². The molecule has 0 amide bonds. The van der Waals surface area contributed by atoms with Gasteiger partial charge in [-0.15, -0.1) is 0 Å². The van der Waals surface area contributed by atoms with Crippen LogP contribution in [0.25, 0.3) is 0 Å². The van der Waals surface area contributed by atoms with Gasteiger partial charge in [0.05, 0.1) is 0 Å². The highest BCUT2D eigenvalue weighted by atomic mass is 32.1. The maximum atomic E-state index is 12.0. The highest BCUT2D eigenvalue weighted by Gasteiger charge is 2.31. The molecule has 1 heterocycles. The number of nitrogens with one attached hydrogen (secondary N) is 1. The molecule has 0 spiro atoms. The van der Waals surface area contributed by atoms with Crippen molar-refractivity contribution in [3.8, 4) is 0 Å². The Morgan fingerprint density at radius 2 is 2.40 bits per heavy atom. The van der Waals surface area contributed by atoms with Crippen molar-refractivity contribution in [3.05, 3.63) is 0 Å². The summed E-state index contributed by atoms with van der Waals surface area (Å²) in [5.74, 6) is 0. The Morgan fingerprint density at radius 1 is 1.80 bits per heavy atom. The molecule has 1 atom stereocenters. The summed E-state index contributed by atoms with van der Waals surface area (Å²) in [6, 6.07) is -0.743. The van der Waals surface area contributed by atoms with E-state index in [9.17, 15) is 8.78 Å². The predicted molar refractivity (Wildman–Crippen MR) is 38.2 cm³/mol. The third kappa shape index (κ3) is 1.18. The zero-order valence-corrected chi connectivity index (χ0v) is 6.29. The second-order valence-electron chi connectivity index (χ2n) is 2.20. The van der Waals surface area contributed by atoms with E-state index in [2.05, 4.69) is 5.32 Å². The fraction of sp³-hybridized carbons (Fsp3) is 0.800. The molecule has 1 aliphatic rings. The van der Waals surface area contributed by atoms with Gasteiger partial charge in [-0.3, -0.25) is 0 Å². The lowest BCUT2D eigenvalue weighted by Crippen LogP contribution is -2.35. The molecule has 0 bridgehead atoms. The van der Waals surface area contributed by atoms with Gasteiger partial charge in [0.15, 0.2) is 5.11 Å². The summed E-state index contributed by atoms with van der Waals surface area (Å²) >= 11 is 4.72. The third-order valence-corrected chi connectivity index (χ3v) is 2.00. The number of thiocarbonyl (C=S) groups is 1. The fourth-order valence-electron chi connectivity index (χ4n) is 0.862. The molecule has 2 nitrogen and oxygen atoms in total. The van der Waals surface area contributed by atoms with Crippen LogP contribution in [0.2, 0.25) is 0 Å². The van der Waals surface area contributed by atoms with Crippen molar-refractivity contribution in [3.63, 3.8) is 0 Å². The number of rotatable bonds is 1. The minimum absolute atomic E-state index is 0.257. The summed E-state index contributed by atoms with van der Waals surface area (Å²) in [5.41, 5.74) is 0. The summed E-state index contributed by atoms with van der Waals surface area (Å²) in [6.07, 6.45) is -2.32. The molecular formula is C5H8F2N2S. The number of likely N-dealkylation sites (N-methyl/N-ethyl adjacent to an activating group) is 1. The normalized spacial score (nSPS) is 25.8. The molecule has 0 aliphatic carbocycles. The minimum Gasteiger partial charge on any atom is -0.360 e. The molecular weight excluding hydrogens is 158 g/mol. The Hall–Kier alpha value is -0.450. The molecule has 0 aromatic carbocycles. The van der Waals surface area contributed by atoms with Gasteiger partial charge in [-0.05, 0) is 12.2 Å². The van der Waals surface area contributed by atoms with Crippen molar-refractivity contribution >= 4 is 17.3 Å². The van der Waals surface area contributed by atoms with Crippen LogP contribution >= 0.6 is 12.2 Å². The first-order valence-corrected chi connectivity index (χ1v) is 3.32. The van der Waals surface area contributed by atoms with Crippen LogP contribution < -0.4 is 5.32 Å². The molecule has 5 heteroatoms. The summed E-state index contributed by atoms with van der Waals surface area (Å²) in [4.78, 5) is 1.39. The van der Waals surface area contributed by atoms with E-state index in [0.29, 0.717) is 5.11 Å². The largest absolute Gasteiger partial charge is 0.360 e. The Labute approximate surface area is 63.2 Å². The van der Waals surface area contributed by atoms with Gasteiger partial charge in [0.25, 0.3) is 6.43 Å². The highest BCUT2D eigenvalue weighted by Crippen LogP contribution is 2.11. The van der Waals surface area contributed by atoms with Gasteiger partial charge in [0, 0.05) is 13.6 Å². The van der Waals surface area contributed by atoms with Gasteiger partial charge in [-0.2, -0.15) is 0 Å². The molecule has 1 saturated heterocycles. The summed E-state index contributed by atoms with van der Waals surface area (Å²) in [7, 11) is 1.57. The molecule has 1 rings (SSSR count). The van der Waals surface area contributed by atoms with Crippen molar-refractivity contribution < 1.29 is 8.78 Å². The van der Waals surface area contributed by atoms with Crippen molar-refractivity contribution in [2.75, 3.05) is 13.6 Å². The number of halogens is 2. The van der Waals surface area contributed by atoms with Crippen LogP contribution in [0.15, 0.2) is 0 Å². The second-order valence-corrected chi connectivity index (χ2v) is 2.59. The first kappa shape index (κ1) is 7.65. The van der Waals surface area contributed by atoms with E-state index in [-0.39, 0.29) is 6.54 Å². The van der Waals surface area contributed by atoms with E-state index in [1.165, 1.54) is 4.90 Å². The van der Waals surface area contributed by atoms with Gasteiger partial charge >= 0.3 is 0 Å². The molecule has 1 N–H and O–H groups in total. The molecule has 0 saturated carbocycles. The number of hydrogen-bond acceptors (Lipinski definition) is 1. The first-order chi connectivity index (χ1) is 4.63. The van der Waals surface area contributed by atoms with Gasteiger partial charge in [-0.1, -0.05) is 0 Å². The second kappa shape index (κ2) is 2.65. The van der Waals surface area contributed by atoms with E-state index < -0.39 is 12.5 Å². The summed E-state index contributed by atoms with van der Waals surface area (Å²) in [6.45, 7) is 0.257. The van der Waals surface area contributed by atoms with E-state index in [1.54, 1.807) is 7.05 Å². The van der Waals surface area contributed by atoms with Crippen LogP contribution in [-0.2, 0) is 0 Å². The average Bonchev–Trinajstić information content (AvgIpc) is 2.14. The summed E-state index contributed by atoms with van der Waals surface area (Å²) < 4.78 is 24.0. The van der Waals surface area contributed by atoms with Crippen LogP contribution in [0.3, 0.4) is 0 Å². The van der Waals surface area contributed by atoms with Crippen molar-refractivity contribution in [1.29, 1.82) is 0 Å². The topological polar surface area (TPSA) is 15.3 Å². The Bertz CT molecular complexity index is 151. The van der Waals surface area contributed by atoms with Crippen LogP contribution in [-0.4, -0.2) is 36.1 Å². The molecule has 0 aromatic heterocycles. The first-order valence-electron chi connectivity index (χ1n) is 2.91. The quantitative estimate of drug-likeness (QED) is 0.569. The van der Waals surface area contributed by atoms with Gasteiger partial charge in [0.1, 0.15) is 6.04 Å². The zero-order valence-electron chi connectivity index (χ0n) is 5.47. The van der Waals surface area contributed by atoms with Crippen molar-refractivity contribution in [2.24, 2.45) is 0 Å². The maximum absolute atomic E-state index is 12.0. The van der Waals surface area contributed by atoms with Crippen molar-refractivity contribution in [1.82, 2.24) is 10.2 Å². The molecule has 1 aliphatic heterocycles. The molecule has 58 valence electrons. The Kier molecular flexibility index (Phi) is 2.03. The molecule has 10 heavy (non-hydrogen) atoms. The molecule has 0 radical (unpaired) electrons. The maximum Gasteiger partial charge on any atom is 0.260 e. The van der Waals surface area contributed by atoms with Crippen molar-refractivity contribution in [2.45, 2.75) is 12.5 Å². The standard InChI is InChI=1S/C5H8F2N2S/c1-9-3(4(6)7)2-8-5(9)10/h3-4H,2H2,1H3,(H,8,10). The minimum atomic E-state index is -2.32. The molecule has 1 unspecified atom stereocenters. The lowest BCUT2D eigenvalue weighted by Gasteiger charge is -2.17. The number of alkyl halides is 2. The predicted octanol–water partition coefficient (Wildman–Crippen LogP) is 0.440. The number of hydrogen-bond donors (Lipinski definition) is 1. The van der Waals surface area contributed by atoms with Gasteiger partial charge in [0.2, 0.25) is 0 Å². The Morgan fingerprint density at radius 3 is 2.60 bits per heavy atom.